The summed E-state index contributed by atoms with van der Waals surface area (Å²) in [6.07, 6.45) is 3.70. The number of nitrogens with one attached hydrogen (secondary N) is 2. The third kappa shape index (κ3) is 2.55. The molecule has 21 heavy (non-hydrogen) atoms. The third-order valence-electron chi connectivity index (χ3n) is 3.28. The molecule has 1 aromatic carbocycles. The van der Waals surface area contributed by atoms with Crippen molar-refractivity contribution >= 4 is 23.0 Å². The molecule has 1 aromatic heterocycles. The molecule has 0 atom stereocenters. The molecule has 0 spiro atoms. The number of anilines is 2. The van der Waals surface area contributed by atoms with E-state index in [1.807, 2.05) is 6.20 Å². The van der Waals surface area contributed by atoms with E-state index < -0.39 is 4.92 Å². The van der Waals surface area contributed by atoms with Crippen molar-refractivity contribution < 1.29 is 9.72 Å². The summed E-state index contributed by atoms with van der Waals surface area (Å²) in [5, 5.41) is 20.9. The number of amides is 1. The zero-order valence-corrected chi connectivity index (χ0v) is 11.3. The first-order valence-corrected chi connectivity index (χ1v) is 6.35. The Balaban J connectivity index is 1.88. The monoisotopic (exact) mass is 287 g/mol. The van der Waals surface area contributed by atoms with E-state index in [0.717, 1.165) is 5.56 Å². The fourth-order valence-electron chi connectivity index (χ4n) is 2.31. The summed E-state index contributed by atoms with van der Waals surface area (Å²) < 4.78 is 1.66. The number of carbonyl (C=O) groups is 1. The Hall–Kier alpha value is -2.90. The lowest BCUT2D eigenvalue weighted by atomic mass is 10.1. The highest BCUT2D eigenvalue weighted by Crippen LogP contribution is 2.34. The number of nitro benzene ring substituents is 1. The van der Waals surface area contributed by atoms with E-state index in [1.165, 1.54) is 6.07 Å². The molecule has 3 rings (SSSR count). The van der Waals surface area contributed by atoms with Crippen molar-refractivity contribution in [3.63, 3.8) is 0 Å². The van der Waals surface area contributed by atoms with Crippen LogP contribution in [-0.2, 0) is 24.8 Å². The normalized spacial score (nSPS) is 12.9. The zero-order chi connectivity index (χ0) is 15.0. The van der Waals surface area contributed by atoms with Crippen LogP contribution in [0.25, 0.3) is 0 Å². The summed E-state index contributed by atoms with van der Waals surface area (Å²) in [5.74, 6) is -0.149. The first kappa shape index (κ1) is 13.1. The van der Waals surface area contributed by atoms with Gasteiger partial charge in [0.2, 0.25) is 5.91 Å². The van der Waals surface area contributed by atoms with Gasteiger partial charge in [-0.05, 0) is 11.6 Å². The van der Waals surface area contributed by atoms with Crippen LogP contribution in [0.1, 0.15) is 11.1 Å². The second-order valence-electron chi connectivity index (χ2n) is 4.88. The lowest BCUT2D eigenvalue weighted by Crippen LogP contribution is -2.04. The maximum atomic E-state index is 11.4. The van der Waals surface area contributed by atoms with Gasteiger partial charge in [0, 0.05) is 37.1 Å². The van der Waals surface area contributed by atoms with E-state index in [0.29, 0.717) is 23.5 Å². The van der Waals surface area contributed by atoms with Gasteiger partial charge in [-0.3, -0.25) is 19.6 Å². The highest BCUT2D eigenvalue weighted by atomic mass is 16.6. The molecular formula is C13H13N5O3. The van der Waals surface area contributed by atoms with E-state index in [4.69, 9.17) is 0 Å². The molecule has 0 unspecified atom stereocenters. The highest BCUT2D eigenvalue weighted by Gasteiger charge is 2.24. The molecule has 2 heterocycles. The molecule has 0 bridgehead atoms. The Morgan fingerprint density at radius 3 is 3.00 bits per heavy atom. The molecule has 8 nitrogen and oxygen atoms in total. The second-order valence-corrected chi connectivity index (χ2v) is 4.88. The Bertz CT molecular complexity index is 737. The minimum absolute atomic E-state index is 0.0332. The Morgan fingerprint density at radius 1 is 1.52 bits per heavy atom. The minimum Gasteiger partial charge on any atom is -0.375 e. The molecule has 1 aliphatic heterocycles. The first-order valence-electron chi connectivity index (χ1n) is 6.35. The third-order valence-corrected chi connectivity index (χ3v) is 3.28. The van der Waals surface area contributed by atoms with Gasteiger partial charge in [-0.2, -0.15) is 5.10 Å². The summed E-state index contributed by atoms with van der Waals surface area (Å²) in [6.45, 7) is 0.418. The molecule has 1 amide bonds. The maximum Gasteiger partial charge on any atom is 0.292 e. The number of hydrogen-bond donors (Lipinski definition) is 2. The van der Waals surface area contributed by atoms with Crippen molar-refractivity contribution in [1.82, 2.24) is 9.78 Å². The summed E-state index contributed by atoms with van der Waals surface area (Å²) in [6, 6.07) is 3.05. The van der Waals surface area contributed by atoms with Crippen LogP contribution in [0.3, 0.4) is 0 Å². The number of nitro groups is 1. The molecule has 0 saturated carbocycles. The highest BCUT2D eigenvalue weighted by molar-refractivity contribution is 6.00. The molecule has 108 valence electrons. The van der Waals surface area contributed by atoms with Gasteiger partial charge in [0.1, 0.15) is 5.69 Å². The van der Waals surface area contributed by atoms with Gasteiger partial charge in [-0.25, -0.2) is 0 Å². The van der Waals surface area contributed by atoms with Crippen molar-refractivity contribution in [3.8, 4) is 0 Å². The van der Waals surface area contributed by atoms with Gasteiger partial charge in [0.25, 0.3) is 5.69 Å². The number of fused-ring (bicyclic) bond motifs is 1. The second kappa shape index (κ2) is 4.89. The van der Waals surface area contributed by atoms with Gasteiger partial charge < -0.3 is 10.6 Å². The van der Waals surface area contributed by atoms with Crippen LogP contribution in [0, 0.1) is 10.1 Å². The van der Waals surface area contributed by atoms with Crippen LogP contribution in [0.5, 0.6) is 0 Å². The van der Waals surface area contributed by atoms with Crippen molar-refractivity contribution in [1.29, 1.82) is 0 Å². The van der Waals surface area contributed by atoms with E-state index in [-0.39, 0.29) is 18.0 Å². The standard InChI is InChI=1S/C13H13N5O3/c1-17-7-8(6-15-17)5-14-11-4-10-9(3-13(19)16-10)2-12(11)18(20)21/h2,4,6-7,14H,3,5H2,1H3,(H,16,19). The molecule has 1 aliphatic rings. The largest absolute Gasteiger partial charge is 0.375 e. The van der Waals surface area contributed by atoms with Gasteiger partial charge >= 0.3 is 0 Å². The average molecular weight is 287 g/mol. The molecule has 8 heteroatoms. The summed E-state index contributed by atoms with van der Waals surface area (Å²) in [7, 11) is 1.80. The number of carbonyl (C=O) groups excluding carboxylic acids is 1. The summed E-state index contributed by atoms with van der Waals surface area (Å²) >= 11 is 0. The van der Waals surface area contributed by atoms with Crippen molar-refractivity contribution in [2.24, 2.45) is 7.05 Å². The van der Waals surface area contributed by atoms with Crippen LogP contribution < -0.4 is 10.6 Å². The topological polar surface area (TPSA) is 102 Å². The van der Waals surface area contributed by atoms with Crippen molar-refractivity contribution in [2.75, 3.05) is 10.6 Å². The predicted octanol–water partition coefficient (Wildman–Crippen LogP) is 1.43. The smallest absolute Gasteiger partial charge is 0.292 e. The van der Waals surface area contributed by atoms with E-state index >= 15 is 0 Å². The first-order chi connectivity index (χ1) is 10.0. The fourth-order valence-corrected chi connectivity index (χ4v) is 2.31. The SMILES string of the molecule is Cn1cc(CNc2cc3c(cc2[N+](=O)[O-])CC(=O)N3)cn1. The predicted molar refractivity (Wildman–Crippen MR) is 76.0 cm³/mol. The van der Waals surface area contributed by atoms with Crippen LogP contribution >= 0.6 is 0 Å². The molecule has 0 radical (unpaired) electrons. The number of aryl methyl sites for hydroxylation is 1. The van der Waals surface area contributed by atoms with Crippen LogP contribution in [0.2, 0.25) is 0 Å². The number of benzene rings is 1. The quantitative estimate of drug-likeness (QED) is 0.654. The lowest BCUT2D eigenvalue weighted by Gasteiger charge is -2.08. The minimum atomic E-state index is -0.450. The molecular weight excluding hydrogens is 274 g/mol. The van der Waals surface area contributed by atoms with Crippen LogP contribution in [0.4, 0.5) is 17.1 Å². The van der Waals surface area contributed by atoms with Crippen molar-refractivity contribution in [2.45, 2.75) is 13.0 Å². The van der Waals surface area contributed by atoms with E-state index in [1.54, 1.807) is 24.0 Å². The summed E-state index contributed by atoms with van der Waals surface area (Å²) in [4.78, 5) is 22.1. The van der Waals surface area contributed by atoms with Gasteiger partial charge in [0.05, 0.1) is 17.5 Å². The van der Waals surface area contributed by atoms with Crippen molar-refractivity contribution in [3.05, 3.63) is 45.8 Å². The average Bonchev–Trinajstić information content (AvgIpc) is 2.99. The maximum absolute atomic E-state index is 11.4. The Kier molecular flexibility index (Phi) is 3.05. The number of nitrogens with zero attached hydrogens (tertiary/aromatic N) is 3. The molecule has 0 fully saturated rings. The molecule has 0 saturated heterocycles. The van der Waals surface area contributed by atoms with Gasteiger partial charge in [0.15, 0.2) is 0 Å². The number of rotatable bonds is 4. The number of aromatic nitrogens is 2. The van der Waals surface area contributed by atoms with Crippen LogP contribution in [-0.4, -0.2) is 20.6 Å². The van der Waals surface area contributed by atoms with E-state index in [2.05, 4.69) is 15.7 Å². The molecule has 0 aliphatic carbocycles. The molecule has 2 N–H and O–H groups in total. The van der Waals surface area contributed by atoms with Crippen LogP contribution in [0.15, 0.2) is 24.5 Å². The Labute approximate surface area is 119 Å². The fraction of sp³-hybridized carbons (Fsp3) is 0.231. The summed E-state index contributed by atoms with van der Waals surface area (Å²) in [5.41, 5.74) is 2.54. The van der Waals surface area contributed by atoms with Gasteiger partial charge in [-0.15, -0.1) is 0 Å². The zero-order valence-electron chi connectivity index (χ0n) is 11.3. The Morgan fingerprint density at radius 2 is 2.33 bits per heavy atom. The number of hydrogen-bond acceptors (Lipinski definition) is 5. The van der Waals surface area contributed by atoms with E-state index in [9.17, 15) is 14.9 Å². The molecule has 2 aromatic rings. The van der Waals surface area contributed by atoms with Gasteiger partial charge in [-0.1, -0.05) is 0 Å². The lowest BCUT2D eigenvalue weighted by molar-refractivity contribution is -0.384.